The average Bonchev–Trinajstić information content (AvgIpc) is 2.89. The summed E-state index contributed by atoms with van der Waals surface area (Å²) in [4.78, 5) is 0. The molecule has 1 aromatic rings. The second-order valence-corrected chi connectivity index (χ2v) is 5.37. The fourth-order valence-electron chi connectivity index (χ4n) is 1.54. The van der Waals surface area contributed by atoms with Gasteiger partial charge < -0.3 is 5.32 Å². The quantitative estimate of drug-likeness (QED) is 0.802. The van der Waals surface area contributed by atoms with E-state index in [4.69, 9.17) is 0 Å². The van der Waals surface area contributed by atoms with Crippen LogP contribution >= 0.6 is 11.3 Å². The van der Waals surface area contributed by atoms with Crippen LogP contribution in [0.25, 0.3) is 6.08 Å². The number of hydrogen-bond acceptors (Lipinski definition) is 2. The van der Waals surface area contributed by atoms with Crippen LogP contribution in [0.1, 0.15) is 32.3 Å². The van der Waals surface area contributed by atoms with Gasteiger partial charge in [-0.1, -0.05) is 25.5 Å². The van der Waals surface area contributed by atoms with Gasteiger partial charge in [0.1, 0.15) is 0 Å². The lowest BCUT2D eigenvalue weighted by atomic mass is 10.0. The zero-order chi connectivity index (χ0) is 10.7. The van der Waals surface area contributed by atoms with E-state index in [0.717, 1.165) is 12.6 Å². The van der Waals surface area contributed by atoms with Gasteiger partial charge in [0.15, 0.2) is 0 Å². The van der Waals surface area contributed by atoms with Gasteiger partial charge in [-0.15, -0.1) is 0 Å². The Morgan fingerprint density at radius 3 is 2.93 bits per heavy atom. The van der Waals surface area contributed by atoms with Crippen LogP contribution in [0.15, 0.2) is 22.4 Å². The third-order valence-corrected chi connectivity index (χ3v) is 3.51. The Bertz CT molecular complexity index is 320. The van der Waals surface area contributed by atoms with E-state index in [1.165, 1.54) is 24.0 Å². The summed E-state index contributed by atoms with van der Waals surface area (Å²) in [6, 6.07) is 2.99. The Morgan fingerprint density at radius 2 is 2.40 bits per heavy atom. The SMILES string of the molecule is CC(C)C(=Cc1ccsc1)CNC1CC1. The van der Waals surface area contributed by atoms with Gasteiger partial charge in [0, 0.05) is 12.6 Å². The van der Waals surface area contributed by atoms with E-state index in [-0.39, 0.29) is 0 Å². The average molecular weight is 221 g/mol. The molecule has 0 spiro atoms. The fraction of sp³-hybridized carbons (Fsp3) is 0.538. The van der Waals surface area contributed by atoms with E-state index >= 15 is 0 Å². The maximum atomic E-state index is 3.59. The zero-order valence-electron chi connectivity index (χ0n) is 9.49. The molecule has 82 valence electrons. The Kier molecular flexibility index (Phi) is 3.60. The number of hydrogen-bond donors (Lipinski definition) is 1. The summed E-state index contributed by atoms with van der Waals surface area (Å²) in [7, 11) is 0. The van der Waals surface area contributed by atoms with Crippen LogP contribution < -0.4 is 5.32 Å². The zero-order valence-corrected chi connectivity index (χ0v) is 10.3. The molecule has 0 aromatic carbocycles. The van der Waals surface area contributed by atoms with Gasteiger partial charge in [-0.2, -0.15) is 11.3 Å². The van der Waals surface area contributed by atoms with Crippen LogP contribution in [-0.2, 0) is 0 Å². The maximum Gasteiger partial charge on any atom is 0.0173 e. The first kappa shape index (κ1) is 10.9. The summed E-state index contributed by atoms with van der Waals surface area (Å²) < 4.78 is 0. The van der Waals surface area contributed by atoms with Crippen molar-refractivity contribution in [2.45, 2.75) is 32.7 Å². The minimum Gasteiger partial charge on any atom is -0.310 e. The van der Waals surface area contributed by atoms with Gasteiger partial charge in [-0.3, -0.25) is 0 Å². The van der Waals surface area contributed by atoms with Crippen molar-refractivity contribution in [2.75, 3.05) is 6.54 Å². The monoisotopic (exact) mass is 221 g/mol. The van der Waals surface area contributed by atoms with E-state index in [0.29, 0.717) is 5.92 Å². The summed E-state index contributed by atoms with van der Waals surface area (Å²) in [5.74, 6) is 0.635. The Labute approximate surface area is 96.2 Å². The highest BCUT2D eigenvalue weighted by molar-refractivity contribution is 7.08. The molecule has 0 saturated heterocycles. The van der Waals surface area contributed by atoms with Gasteiger partial charge in [-0.25, -0.2) is 0 Å². The molecular weight excluding hydrogens is 202 g/mol. The summed E-state index contributed by atoms with van der Waals surface area (Å²) in [6.07, 6.45) is 5.06. The lowest BCUT2D eigenvalue weighted by molar-refractivity contribution is 0.662. The highest BCUT2D eigenvalue weighted by Crippen LogP contribution is 2.21. The van der Waals surface area contributed by atoms with Gasteiger partial charge in [-0.05, 0) is 41.1 Å². The van der Waals surface area contributed by atoms with Crippen LogP contribution in [0, 0.1) is 5.92 Å². The second-order valence-electron chi connectivity index (χ2n) is 4.59. The molecule has 1 fully saturated rings. The molecule has 0 amide bonds. The normalized spacial score (nSPS) is 17.4. The standard InChI is InChI=1S/C13H19NS/c1-10(2)12(8-14-13-3-4-13)7-11-5-6-15-9-11/h5-7,9-10,13-14H,3-4,8H2,1-2H3. The Morgan fingerprint density at radius 1 is 1.60 bits per heavy atom. The van der Waals surface area contributed by atoms with Crippen molar-refractivity contribution in [3.63, 3.8) is 0 Å². The first-order valence-electron chi connectivity index (χ1n) is 5.72. The first-order valence-corrected chi connectivity index (χ1v) is 6.66. The summed E-state index contributed by atoms with van der Waals surface area (Å²) in [5, 5.41) is 7.93. The van der Waals surface area contributed by atoms with Gasteiger partial charge >= 0.3 is 0 Å². The lowest BCUT2D eigenvalue weighted by Crippen LogP contribution is -2.21. The summed E-state index contributed by atoms with van der Waals surface area (Å²) in [5.41, 5.74) is 2.86. The summed E-state index contributed by atoms with van der Waals surface area (Å²) >= 11 is 1.77. The van der Waals surface area contributed by atoms with Crippen molar-refractivity contribution in [3.05, 3.63) is 28.0 Å². The molecule has 1 saturated carbocycles. The molecule has 1 heterocycles. The minimum absolute atomic E-state index is 0.635. The van der Waals surface area contributed by atoms with Crippen LogP contribution in [0.4, 0.5) is 0 Å². The first-order chi connectivity index (χ1) is 7.25. The maximum absolute atomic E-state index is 3.59. The molecule has 0 bridgehead atoms. The van der Waals surface area contributed by atoms with E-state index < -0.39 is 0 Å². The molecule has 1 aromatic heterocycles. The van der Waals surface area contributed by atoms with Crippen molar-refractivity contribution in [3.8, 4) is 0 Å². The van der Waals surface area contributed by atoms with Crippen molar-refractivity contribution in [2.24, 2.45) is 5.92 Å². The number of rotatable bonds is 5. The molecule has 1 N–H and O–H groups in total. The molecule has 15 heavy (non-hydrogen) atoms. The molecule has 0 aliphatic heterocycles. The number of nitrogens with one attached hydrogen (secondary N) is 1. The molecule has 2 heteroatoms. The van der Waals surface area contributed by atoms with Gasteiger partial charge in [0.25, 0.3) is 0 Å². The van der Waals surface area contributed by atoms with Crippen LogP contribution in [0.2, 0.25) is 0 Å². The predicted molar refractivity (Wildman–Crippen MR) is 68.2 cm³/mol. The molecule has 1 nitrogen and oxygen atoms in total. The third-order valence-electron chi connectivity index (χ3n) is 2.81. The number of thiophene rings is 1. The van der Waals surface area contributed by atoms with Crippen LogP contribution in [-0.4, -0.2) is 12.6 Å². The van der Waals surface area contributed by atoms with E-state index in [1.807, 2.05) is 0 Å². The predicted octanol–water partition coefficient (Wildman–Crippen LogP) is 3.54. The fourth-order valence-corrected chi connectivity index (χ4v) is 2.16. The Balaban J connectivity index is 1.97. The van der Waals surface area contributed by atoms with Gasteiger partial charge in [0.2, 0.25) is 0 Å². The molecule has 0 radical (unpaired) electrons. The highest BCUT2D eigenvalue weighted by atomic mass is 32.1. The molecule has 0 unspecified atom stereocenters. The van der Waals surface area contributed by atoms with Crippen LogP contribution in [0.5, 0.6) is 0 Å². The largest absolute Gasteiger partial charge is 0.310 e. The Hall–Kier alpha value is -0.600. The minimum atomic E-state index is 0.635. The van der Waals surface area contributed by atoms with E-state index in [2.05, 4.69) is 42.1 Å². The molecule has 2 rings (SSSR count). The summed E-state index contributed by atoms with van der Waals surface area (Å²) in [6.45, 7) is 5.59. The molecule has 1 aliphatic rings. The highest BCUT2D eigenvalue weighted by Gasteiger charge is 2.20. The molecule has 1 aliphatic carbocycles. The van der Waals surface area contributed by atoms with Crippen LogP contribution in [0.3, 0.4) is 0 Å². The van der Waals surface area contributed by atoms with Gasteiger partial charge in [0.05, 0.1) is 0 Å². The van der Waals surface area contributed by atoms with E-state index in [9.17, 15) is 0 Å². The van der Waals surface area contributed by atoms with Crippen molar-refractivity contribution in [1.29, 1.82) is 0 Å². The third kappa shape index (κ3) is 3.47. The van der Waals surface area contributed by atoms with Crippen molar-refractivity contribution >= 4 is 17.4 Å². The molecular formula is C13H19NS. The smallest absolute Gasteiger partial charge is 0.0173 e. The van der Waals surface area contributed by atoms with E-state index in [1.54, 1.807) is 11.3 Å². The van der Waals surface area contributed by atoms with Crippen molar-refractivity contribution in [1.82, 2.24) is 5.32 Å². The lowest BCUT2D eigenvalue weighted by Gasteiger charge is -2.12. The second kappa shape index (κ2) is 4.95. The molecule has 0 atom stereocenters. The topological polar surface area (TPSA) is 12.0 Å². The van der Waals surface area contributed by atoms with Crippen molar-refractivity contribution < 1.29 is 0 Å².